The lowest BCUT2D eigenvalue weighted by atomic mass is 10.0. The molecule has 1 aromatic carbocycles. The van der Waals surface area contributed by atoms with Gasteiger partial charge in [0.2, 0.25) is 0 Å². The predicted molar refractivity (Wildman–Crippen MR) is 68.2 cm³/mol. The zero-order valence-corrected chi connectivity index (χ0v) is 10.9. The average molecular weight is 340 g/mol. The molecular formula is C10H11ClINO2. The monoisotopic (exact) mass is 339 g/mol. The number of amides is 1. The van der Waals surface area contributed by atoms with E-state index in [1.165, 1.54) is 9.13 Å². The Morgan fingerprint density at radius 1 is 1.40 bits per heavy atom. The van der Waals surface area contributed by atoms with E-state index in [4.69, 9.17) is 4.74 Å². The van der Waals surface area contributed by atoms with Crippen molar-refractivity contribution in [1.29, 1.82) is 0 Å². The first kappa shape index (κ1) is 12.6. The zero-order valence-electron chi connectivity index (χ0n) is 7.90. The SMILES string of the molecule is Cl.O=C1N[C@H](c2ccccc2I)CCO1. The normalized spacial score (nSPS) is 19.8. The minimum atomic E-state index is -0.319. The summed E-state index contributed by atoms with van der Waals surface area (Å²) in [5.41, 5.74) is 1.17. The minimum Gasteiger partial charge on any atom is -0.449 e. The highest BCUT2D eigenvalue weighted by Gasteiger charge is 2.21. The highest BCUT2D eigenvalue weighted by molar-refractivity contribution is 14.1. The summed E-state index contributed by atoms with van der Waals surface area (Å²) < 4.78 is 6.00. The van der Waals surface area contributed by atoms with Crippen LogP contribution in [0.15, 0.2) is 24.3 Å². The number of benzene rings is 1. The van der Waals surface area contributed by atoms with Crippen molar-refractivity contribution < 1.29 is 9.53 Å². The molecule has 0 bridgehead atoms. The largest absolute Gasteiger partial charge is 0.449 e. The Labute approximate surface area is 108 Å². The maximum atomic E-state index is 11.0. The van der Waals surface area contributed by atoms with Crippen LogP contribution in [0, 0.1) is 3.57 Å². The molecule has 1 amide bonds. The number of alkyl carbamates (subject to hydrolysis) is 1. The van der Waals surface area contributed by atoms with Crippen molar-refractivity contribution in [3.05, 3.63) is 33.4 Å². The Hall–Kier alpha value is -0.490. The number of hydrogen-bond donors (Lipinski definition) is 1. The van der Waals surface area contributed by atoms with E-state index >= 15 is 0 Å². The number of nitrogens with one attached hydrogen (secondary N) is 1. The van der Waals surface area contributed by atoms with E-state index in [1.54, 1.807) is 0 Å². The summed E-state index contributed by atoms with van der Waals surface area (Å²) >= 11 is 2.28. The van der Waals surface area contributed by atoms with Crippen molar-refractivity contribution >= 4 is 41.1 Å². The molecule has 3 nitrogen and oxygen atoms in total. The lowest BCUT2D eigenvalue weighted by Gasteiger charge is -2.24. The van der Waals surface area contributed by atoms with Crippen LogP contribution in [0.5, 0.6) is 0 Å². The molecule has 1 atom stereocenters. The van der Waals surface area contributed by atoms with Crippen LogP contribution in [0.3, 0.4) is 0 Å². The van der Waals surface area contributed by atoms with Gasteiger partial charge in [0.05, 0.1) is 12.6 Å². The molecule has 82 valence electrons. The molecule has 0 spiro atoms. The van der Waals surface area contributed by atoms with Crippen molar-refractivity contribution in [2.45, 2.75) is 12.5 Å². The quantitative estimate of drug-likeness (QED) is 0.799. The summed E-state index contributed by atoms with van der Waals surface area (Å²) in [6, 6.07) is 8.16. The van der Waals surface area contributed by atoms with Crippen LogP contribution in [-0.2, 0) is 4.74 Å². The first-order valence-electron chi connectivity index (χ1n) is 4.45. The van der Waals surface area contributed by atoms with E-state index in [-0.39, 0.29) is 24.5 Å². The molecule has 2 rings (SSSR count). The van der Waals surface area contributed by atoms with E-state index in [0.29, 0.717) is 6.61 Å². The maximum Gasteiger partial charge on any atom is 0.407 e. The fourth-order valence-corrected chi connectivity index (χ4v) is 2.28. The lowest BCUT2D eigenvalue weighted by molar-refractivity contribution is 0.115. The number of rotatable bonds is 1. The Morgan fingerprint density at radius 2 is 2.13 bits per heavy atom. The Morgan fingerprint density at radius 3 is 2.80 bits per heavy atom. The number of halogens is 2. The van der Waals surface area contributed by atoms with Crippen LogP contribution in [0.1, 0.15) is 18.0 Å². The number of ether oxygens (including phenoxy) is 1. The van der Waals surface area contributed by atoms with E-state index in [1.807, 2.05) is 24.3 Å². The van der Waals surface area contributed by atoms with Gasteiger partial charge in [-0.05, 0) is 34.2 Å². The van der Waals surface area contributed by atoms with Gasteiger partial charge in [-0.2, -0.15) is 0 Å². The molecule has 1 N–H and O–H groups in total. The average Bonchev–Trinajstić information content (AvgIpc) is 2.18. The highest BCUT2D eigenvalue weighted by atomic mass is 127. The molecule has 1 heterocycles. The maximum absolute atomic E-state index is 11.0. The molecule has 15 heavy (non-hydrogen) atoms. The van der Waals surface area contributed by atoms with Crippen LogP contribution in [0.2, 0.25) is 0 Å². The fraction of sp³-hybridized carbons (Fsp3) is 0.300. The van der Waals surface area contributed by atoms with Crippen molar-refractivity contribution in [2.24, 2.45) is 0 Å². The second kappa shape index (κ2) is 5.55. The molecular weight excluding hydrogens is 328 g/mol. The van der Waals surface area contributed by atoms with Crippen LogP contribution < -0.4 is 5.32 Å². The summed E-state index contributed by atoms with van der Waals surface area (Å²) in [4.78, 5) is 11.0. The summed E-state index contributed by atoms with van der Waals surface area (Å²) in [5.74, 6) is 0. The van der Waals surface area contributed by atoms with Crippen LogP contribution >= 0.6 is 35.0 Å². The second-order valence-corrected chi connectivity index (χ2v) is 4.31. The molecule has 0 aliphatic carbocycles. The van der Waals surface area contributed by atoms with Gasteiger partial charge in [-0.15, -0.1) is 12.4 Å². The summed E-state index contributed by atoms with van der Waals surface area (Å²) in [7, 11) is 0. The molecule has 1 saturated heterocycles. The molecule has 0 aromatic heterocycles. The van der Waals surface area contributed by atoms with Gasteiger partial charge in [0.25, 0.3) is 0 Å². The minimum absolute atomic E-state index is 0. The first-order valence-corrected chi connectivity index (χ1v) is 5.53. The molecule has 1 fully saturated rings. The van der Waals surface area contributed by atoms with Gasteiger partial charge >= 0.3 is 6.09 Å². The first-order chi connectivity index (χ1) is 6.77. The van der Waals surface area contributed by atoms with Crippen LogP contribution in [-0.4, -0.2) is 12.7 Å². The van der Waals surface area contributed by atoms with Gasteiger partial charge in [-0.3, -0.25) is 0 Å². The Bertz CT molecular complexity index is 359. The molecule has 0 radical (unpaired) electrons. The number of hydrogen-bond acceptors (Lipinski definition) is 2. The standard InChI is InChI=1S/C10H10INO2.ClH/c11-8-4-2-1-3-7(8)9-5-6-14-10(13)12-9;/h1-4,9H,5-6H2,(H,12,13);1H/t9-;/m0./s1. The second-order valence-electron chi connectivity index (χ2n) is 3.14. The van der Waals surface area contributed by atoms with Crippen molar-refractivity contribution in [2.75, 3.05) is 6.61 Å². The van der Waals surface area contributed by atoms with Gasteiger partial charge in [0, 0.05) is 9.99 Å². The molecule has 5 heteroatoms. The van der Waals surface area contributed by atoms with Crippen molar-refractivity contribution in [3.8, 4) is 0 Å². The summed E-state index contributed by atoms with van der Waals surface area (Å²) in [6.07, 6.45) is 0.520. The molecule has 0 saturated carbocycles. The van der Waals surface area contributed by atoms with E-state index < -0.39 is 0 Å². The fourth-order valence-electron chi connectivity index (χ4n) is 1.52. The predicted octanol–water partition coefficient (Wildman–Crippen LogP) is 2.88. The number of cyclic esters (lactones) is 1. The Balaban J connectivity index is 0.00000112. The number of carbonyl (C=O) groups is 1. The molecule has 1 aliphatic heterocycles. The van der Waals surface area contributed by atoms with Gasteiger partial charge in [-0.25, -0.2) is 4.79 Å². The van der Waals surface area contributed by atoms with Crippen molar-refractivity contribution in [1.82, 2.24) is 5.32 Å². The van der Waals surface area contributed by atoms with Gasteiger partial charge in [0.15, 0.2) is 0 Å². The van der Waals surface area contributed by atoms with Crippen LogP contribution in [0.25, 0.3) is 0 Å². The van der Waals surface area contributed by atoms with Gasteiger partial charge in [0.1, 0.15) is 0 Å². The third-order valence-corrected chi connectivity index (χ3v) is 3.19. The van der Waals surface area contributed by atoms with E-state index in [0.717, 1.165) is 6.42 Å². The molecule has 1 aromatic rings. The molecule has 1 aliphatic rings. The summed E-state index contributed by atoms with van der Waals surface area (Å²) in [5, 5.41) is 2.81. The van der Waals surface area contributed by atoms with Crippen molar-refractivity contribution in [3.63, 3.8) is 0 Å². The molecule has 0 unspecified atom stereocenters. The van der Waals surface area contributed by atoms with E-state index in [9.17, 15) is 4.79 Å². The smallest absolute Gasteiger partial charge is 0.407 e. The number of carbonyl (C=O) groups excluding carboxylic acids is 1. The third-order valence-electron chi connectivity index (χ3n) is 2.21. The van der Waals surface area contributed by atoms with Crippen LogP contribution in [0.4, 0.5) is 4.79 Å². The van der Waals surface area contributed by atoms with Gasteiger partial charge in [-0.1, -0.05) is 18.2 Å². The van der Waals surface area contributed by atoms with Gasteiger partial charge < -0.3 is 10.1 Å². The topological polar surface area (TPSA) is 38.3 Å². The zero-order chi connectivity index (χ0) is 9.97. The lowest BCUT2D eigenvalue weighted by Crippen LogP contribution is -2.35. The van der Waals surface area contributed by atoms with E-state index in [2.05, 4.69) is 27.9 Å². The third kappa shape index (κ3) is 2.98. The Kier molecular flexibility index (Phi) is 4.66. The summed E-state index contributed by atoms with van der Waals surface area (Å²) in [6.45, 7) is 0.501. The highest BCUT2D eigenvalue weighted by Crippen LogP contribution is 2.24.